The maximum atomic E-state index is 12.8. The third kappa shape index (κ3) is 2.18. The van der Waals surface area contributed by atoms with Crippen LogP contribution in [0.4, 0.5) is 0 Å². The lowest BCUT2D eigenvalue weighted by molar-refractivity contribution is 0.103. The molecule has 0 heterocycles. The Morgan fingerprint density at radius 3 is 2.20 bits per heavy atom. The molecule has 1 heteroatoms. The monoisotopic (exact) mass is 264 g/mol. The van der Waals surface area contributed by atoms with Crippen LogP contribution < -0.4 is 0 Å². The first-order valence-electron chi connectivity index (χ1n) is 7.23. The molecule has 1 nitrogen and oxygen atoms in total. The highest BCUT2D eigenvalue weighted by Gasteiger charge is 2.23. The third-order valence-corrected chi connectivity index (χ3v) is 4.15. The number of rotatable bonds is 0. The largest absolute Gasteiger partial charge is 0.289 e. The number of hydrogen-bond donors (Lipinski definition) is 0. The van der Waals surface area contributed by atoms with E-state index in [1.165, 1.54) is 16.7 Å². The topological polar surface area (TPSA) is 17.1 Å². The van der Waals surface area contributed by atoms with E-state index in [1.54, 1.807) is 0 Å². The Labute approximate surface area is 120 Å². The molecule has 0 atom stereocenters. The number of aryl methyl sites for hydroxylation is 2. The van der Waals surface area contributed by atoms with Gasteiger partial charge < -0.3 is 0 Å². The summed E-state index contributed by atoms with van der Waals surface area (Å²) >= 11 is 0. The zero-order chi connectivity index (χ0) is 14.3. The fourth-order valence-corrected chi connectivity index (χ4v) is 2.85. The number of hydrogen-bond acceptors (Lipinski definition) is 1. The smallest absolute Gasteiger partial charge is 0.193 e. The summed E-state index contributed by atoms with van der Waals surface area (Å²) in [4.78, 5) is 12.8. The molecule has 0 spiro atoms. The molecular weight excluding hydrogens is 244 g/mol. The van der Waals surface area contributed by atoms with E-state index in [1.807, 2.05) is 18.2 Å². The van der Waals surface area contributed by atoms with Gasteiger partial charge in [0.15, 0.2) is 5.78 Å². The molecule has 2 aromatic carbocycles. The van der Waals surface area contributed by atoms with Gasteiger partial charge in [-0.25, -0.2) is 0 Å². The van der Waals surface area contributed by atoms with Crippen LogP contribution in [0.1, 0.15) is 53.4 Å². The predicted molar refractivity (Wildman–Crippen MR) is 82.4 cm³/mol. The van der Waals surface area contributed by atoms with E-state index in [2.05, 4.69) is 45.0 Å². The van der Waals surface area contributed by atoms with Crippen LogP contribution in [0.2, 0.25) is 0 Å². The standard InChI is InChI=1S/C19H20O/c1-19(2,3)15-11-10-14-9-8-13-6-4-5-7-16(13)18(20)17(14)12-15/h4-7,10-12H,8-9H2,1-3H3. The molecule has 1 aliphatic carbocycles. The molecule has 0 saturated carbocycles. The number of carbonyl (C=O) groups is 1. The fraction of sp³-hybridized carbons (Fsp3) is 0.316. The van der Waals surface area contributed by atoms with Crippen LogP contribution in [0.5, 0.6) is 0 Å². The molecule has 2 aromatic rings. The predicted octanol–water partition coefficient (Wildman–Crippen LogP) is 4.31. The molecule has 20 heavy (non-hydrogen) atoms. The van der Waals surface area contributed by atoms with Gasteiger partial charge in [-0.1, -0.05) is 57.2 Å². The zero-order valence-electron chi connectivity index (χ0n) is 12.4. The van der Waals surface area contributed by atoms with Crippen molar-refractivity contribution in [2.75, 3.05) is 0 Å². The van der Waals surface area contributed by atoms with Gasteiger partial charge in [-0.3, -0.25) is 4.79 Å². The van der Waals surface area contributed by atoms with E-state index in [0.29, 0.717) is 0 Å². The molecule has 0 aromatic heterocycles. The molecule has 0 fully saturated rings. The number of fused-ring (bicyclic) bond motifs is 2. The van der Waals surface area contributed by atoms with Crippen LogP contribution >= 0.6 is 0 Å². The Balaban J connectivity index is 2.16. The quantitative estimate of drug-likeness (QED) is 0.693. The van der Waals surface area contributed by atoms with Gasteiger partial charge in [-0.15, -0.1) is 0 Å². The molecule has 102 valence electrons. The first kappa shape index (κ1) is 13.1. The second-order valence-electron chi connectivity index (χ2n) is 6.61. The summed E-state index contributed by atoms with van der Waals surface area (Å²) in [7, 11) is 0. The lowest BCUT2D eigenvalue weighted by atomic mass is 9.84. The van der Waals surface area contributed by atoms with Gasteiger partial charge in [0.05, 0.1) is 0 Å². The Morgan fingerprint density at radius 2 is 1.50 bits per heavy atom. The number of ketones is 1. The molecule has 0 N–H and O–H groups in total. The summed E-state index contributed by atoms with van der Waals surface area (Å²) in [5, 5.41) is 0. The molecule has 0 aliphatic heterocycles. The van der Waals surface area contributed by atoms with Crippen LogP contribution in [-0.4, -0.2) is 5.78 Å². The highest BCUT2D eigenvalue weighted by atomic mass is 16.1. The van der Waals surface area contributed by atoms with Gasteiger partial charge in [0.25, 0.3) is 0 Å². The third-order valence-electron chi connectivity index (χ3n) is 4.15. The Hall–Kier alpha value is -1.89. The van der Waals surface area contributed by atoms with Gasteiger partial charge in [0.1, 0.15) is 0 Å². The highest BCUT2D eigenvalue weighted by Crippen LogP contribution is 2.29. The van der Waals surface area contributed by atoms with Crippen molar-refractivity contribution in [2.45, 2.75) is 39.0 Å². The van der Waals surface area contributed by atoms with E-state index in [4.69, 9.17) is 0 Å². The number of carbonyl (C=O) groups excluding carboxylic acids is 1. The lowest BCUT2D eigenvalue weighted by Crippen LogP contribution is -2.13. The molecule has 0 saturated heterocycles. The summed E-state index contributed by atoms with van der Waals surface area (Å²) < 4.78 is 0. The van der Waals surface area contributed by atoms with E-state index in [0.717, 1.165) is 24.0 Å². The van der Waals surface area contributed by atoms with Crippen LogP contribution in [-0.2, 0) is 18.3 Å². The summed E-state index contributed by atoms with van der Waals surface area (Å²) in [6.07, 6.45) is 1.90. The Bertz CT molecular complexity index is 674. The Morgan fingerprint density at radius 1 is 0.850 bits per heavy atom. The van der Waals surface area contributed by atoms with E-state index < -0.39 is 0 Å². The van der Waals surface area contributed by atoms with Crippen molar-refractivity contribution in [3.8, 4) is 0 Å². The molecule has 0 bridgehead atoms. The second kappa shape index (κ2) is 4.59. The Kier molecular flexibility index (Phi) is 3.01. The van der Waals surface area contributed by atoms with E-state index in [9.17, 15) is 4.79 Å². The first-order chi connectivity index (χ1) is 9.47. The molecule has 1 aliphatic rings. The van der Waals surface area contributed by atoms with Crippen molar-refractivity contribution in [3.05, 3.63) is 70.3 Å². The first-order valence-corrected chi connectivity index (χ1v) is 7.23. The summed E-state index contributed by atoms with van der Waals surface area (Å²) in [6, 6.07) is 14.4. The second-order valence-corrected chi connectivity index (χ2v) is 6.61. The van der Waals surface area contributed by atoms with E-state index >= 15 is 0 Å². The van der Waals surface area contributed by atoms with Crippen LogP contribution in [0.25, 0.3) is 0 Å². The van der Waals surface area contributed by atoms with Crippen molar-refractivity contribution in [2.24, 2.45) is 0 Å². The van der Waals surface area contributed by atoms with Crippen molar-refractivity contribution in [3.63, 3.8) is 0 Å². The minimum absolute atomic E-state index is 0.0706. The van der Waals surface area contributed by atoms with Gasteiger partial charge in [0.2, 0.25) is 0 Å². The van der Waals surface area contributed by atoms with Crippen molar-refractivity contribution in [1.29, 1.82) is 0 Å². The van der Waals surface area contributed by atoms with Crippen molar-refractivity contribution >= 4 is 5.78 Å². The highest BCUT2D eigenvalue weighted by molar-refractivity contribution is 6.11. The maximum absolute atomic E-state index is 12.8. The number of benzene rings is 2. The van der Waals surface area contributed by atoms with Crippen LogP contribution in [0.15, 0.2) is 42.5 Å². The summed E-state index contributed by atoms with van der Waals surface area (Å²) in [6.45, 7) is 6.55. The average Bonchev–Trinajstić information content (AvgIpc) is 2.56. The molecular formula is C19H20O. The fourth-order valence-electron chi connectivity index (χ4n) is 2.85. The van der Waals surface area contributed by atoms with Crippen molar-refractivity contribution < 1.29 is 4.79 Å². The minimum atomic E-state index is 0.0706. The SMILES string of the molecule is CC(C)(C)c1ccc2c(c1)C(=O)c1ccccc1CC2. The molecule has 3 rings (SSSR count). The van der Waals surface area contributed by atoms with Gasteiger partial charge >= 0.3 is 0 Å². The average molecular weight is 264 g/mol. The van der Waals surface area contributed by atoms with Crippen LogP contribution in [0, 0.1) is 0 Å². The van der Waals surface area contributed by atoms with Gasteiger partial charge in [0, 0.05) is 11.1 Å². The zero-order valence-corrected chi connectivity index (χ0v) is 12.4. The summed E-state index contributed by atoms with van der Waals surface area (Å²) in [5.41, 5.74) is 5.41. The van der Waals surface area contributed by atoms with Gasteiger partial charge in [-0.05, 0) is 41.0 Å². The lowest BCUT2D eigenvalue weighted by Gasteiger charge is -2.20. The molecule has 0 amide bonds. The summed E-state index contributed by atoms with van der Waals surface area (Å²) in [5.74, 6) is 0.180. The van der Waals surface area contributed by atoms with Crippen LogP contribution in [0.3, 0.4) is 0 Å². The minimum Gasteiger partial charge on any atom is -0.289 e. The maximum Gasteiger partial charge on any atom is 0.193 e. The van der Waals surface area contributed by atoms with E-state index in [-0.39, 0.29) is 11.2 Å². The van der Waals surface area contributed by atoms with Gasteiger partial charge in [-0.2, -0.15) is 0 Å². The van der Waals surface area contributed by atoms with Crippen molar-refractivity contribution in [1.82, 2.24) is 0 Å². The molecule has 0 unspecified atom stereocenters. The normalized spacial score (nSPS) is 14.4. The molecule has 0 radical (unpaired) electrons.